The SMILES string of the molecule is CCC(NC(=O)CSCc1ccc([N+](=O)[O-])cc1)c1ccc(S(C)(=O)=O)cc1. The molecule has 0 aromatic heterocycles. The largest absolute Gasteiger partial charge is 0.349 e. The van der Waals surface area contributed by atoms with E-state index in [0.29, 0.717) is 12.2 Å². The number of hydrogen-bond acceptors (Lipinski definition) is 6. The van der Waals surface area contributed by atoms with Gasteiger partial charge in [0.1, 0.15) is 0 Å². The van der Waals surface area contributed by atoms with Crippen molar-refractivity contribution in [1.82, 2.24) is 5.32 Å². The lowest BCUT2D eigenvalue weighted by molar-refractivity contribution is -0.384. The Morgan fingerprint density at radius 3 is 2.25 bits per heavy atom. The van der Waals surface area contributed by atoms with Crippen molar-refractivity contribution >= 4 is 33.2 Å². The molecule has 0 saturated carbocycles. The van der Waals surface area contributed by atoms with Crippen molar-refractivity contribution in [3.63, 3.8) is 0 Å². The number of thioether (sulfide) groups is 1. The number of hydrogen-bond donors (Lipinski definition) is 1. The number of nitrogens with one attached hydrogen (secondary N) is 1. The number of nitrogens with zero attached hydrogens (tertiary/aromatic N) is 1. The maximum Gasteiger partial charge on any atom is 0.269 e. The molecule has 0 radical (unpaired) electrons. The molecule has 0 heterocycles. The molecule has 1 atom stereocenters. The van der Waals surface area contributed by atoms with E-state index in [4.69, 9.17) is 0 Å². The van der Waals surface area contributed by atoms with Gasteiger partial charge in [-0.3, -0.25) is 14.9 Å². The van der Waals surface area contributed by atoms with Gasteiger partial charge in [-0.1, -0.05) is 31.2 Å². The Kier molecular flexibility index (Phi) is 7.59. The summed E-state index contributed by atoms with van der Waals surface area (Å²) in [5.74, 6) is 0.714. The van der Waals surface area contributed by atoms with Crippen LogP contribution in [0.25, 0.3) is 0 Å². The van der Waals surface area contributed by atoms with Crippen LogP contribution in [0.3, 0.4) is 0 Å². The summed E-state index contributed by atoms with van der Waals surface area (Å²) >= 11 is 1.42. The first kappa shape index (κ1) is 21.9. The predicted molar refractivity (Wildman–Crippen MR) is 110 cm³/mol. The monoisotopic (exact) mass is 422 g/mol. The van der Waals surface area contributed by atoms with Crippen molar-refractivity contribution in [2.24, 2.45) is 0 Å². The van der Waals surface area contributed by atoms with Crippen LogP contribution < -0.4 is 5.32 Å². The van der Waals surface area contributed by atoms with Gasteiger partial charge in [0.15, 0.2) is 9.84 Å². The number of sulfone groups is 1. The van der Waals surface area contributed by atoms with E-state index in [2.05, 4.69) is 5.32 Å². The number of nitro groups is 1. The minimum atomic E-state index is -3.25. The van der Waals surface area contributed by atoms with Crippen molar-refractivity contribution in [3.05, 3.63) is 69.8 Å². The molecule has 2 rings (SSSR count). The van der Waals surface area contributed by atoms with Crippen LogP contribution in [0, 0.1) is 10.1 Å². The molecule has 0 fully saturated rings. The van der Waals surface area contributed by atoms with Crippen LogP contribution in [-0.2, 0) is 20.4 Å². The fraction of sp³-hybridized carbons (Fsp3) is 0.316. The van der Waals surface area contributed by atoms with Gasteiger partial charge >= 0.3 is 0 Å². The summed E-state index contributed by atoms with van der Waals surface area (Å²) in [5, 5.41) is 13.6. The molecule has 150 valence electrons. The molecule has 0 aliphatic rings. The lowest BCUT2D eigenvalue weighted by Crippen LogP contribution is -2.29. The Hall–Kier alpha value is -2.39. The molecule has 9 heteroatoms. The summed E-state index contributed by atoms with van der Waals surface area (Å²) in [6.07, 6.45) is 1.83. The van der Waals surface area contributed by atoms with Gasteiger partial charge in [0.2, 0.25) is 5.91 Å². The molecule has 1 amide bonds. The highest BCUT2D eigenvalue weighted by Crippen LogP contribution is 2.20. The second-order valence-corrected chi connectivity index (χ2v) is 9.29. The maximum atomic E-state index is 12.2. The van der Waals surface area contributed by atoms with Crippen molar-refractivity contribution in [2.45, 2.75) is 30.0 Å². The smallest absolute Gasteiger partial charge is 0.269 e. The first-order valence-electron chi connectivity index (χ1n) is 8.61. The zero-order valence-electron chi connectivity index (χ0n) is 15.6. The Bertz CT molecular complexity index is 926. The second-order valence-electron chi connectivity index (χ2n) is 6.29. The summed E-state index contributed by atoms with van der Waals surface area (Å²) < 4.78 is 23.1. The Morgan fingerprint density at radius 2 is 1.75 bits per heavy atom. The van der Waals surface area contributed by atoms with Crippen LogP contribution in [0.4, 0.5) is 5.69 Å². The molecule has 0 bridgehead atoms. The Morgan fingerprint density at radius 1 is 1.14 bits per heavy atom. The molecular formula is C19H22N2O5S2. The van der Waals surface area contributed by atoms with Crippen molar-refractivity contribution in [2.75, 3.05) is 12.0 Å². The van der Waals surface area contributed by atoms with Gasteiger partial charge < -0.3 is 5.32 Å². The highest BCUT2D eigenvalue weighted by molar-refractivity contribution is 7.99. The first-order valence-corrected chi connectivity index (χ1v) is 11.7. The van der Waals surface area contributed by atoms with E-state index in [1.807, 2.05) is 6.92 Å². The quantitative estimate of drug-likeness (QED) is 0.490. The average molecular weight is 423 g/mol. The first-order chi connectivity index (χ1) is 13.2. The third kappa shape index (κ3) is 6.35. The fourth-order valence-electron chi connectivity index (χ4n) is 2.58. The highest BCUT2D eigenvalue weighted by atomic mass is 32.2. The summed E-state index contributed by atoms with van der Waals surface area (Å²) in [6.45, 7) is 1.94. The zero-order chi connectivity index (χ0) is 20.7. The van der Waals surface area contributed by atoms with Crippen LogP contribution in [0.15, 0.2) is 53.4 Å². The van der Waals surface area contributed by atoms with E-state index < -0.39 is 14.8 Å². The minimum absolute atomic E-state index is 0.0409. The van der Waals surface area contributed by atoms with Crippen LogP contribution in [-0.4, -0.2) is 31.3 Å². The molecule has 2 aromatic rings. The number of carbonyl (C=O) groups is 1. The molecule has 1 N–H and O–H groups in total. The van der Waals surface area contributed by atoms with E-state index in [9.17, 15) is 23.3 Å². The molecule has 0 aliphatic carbocycles. The van der Waals surface area contributed by atoms with Crippen LogP contribution in [0.2, 0.25) is 0 Å². The Labute approximate surface area is 168 Å². The maximum absolute atomic E-state index is 12.2. The van der Waals surface area contributed by atoms with Crippen LogP contribution >= 0.6 is 11.8 Å². The van der Waals surface area contributed by atoms with E-state index >= 15 is 0 Å². The van der Waals surface area contributed by atoms with Gasteiger partial charge in [0, 0.05) is 24.1 Å². The van der Waals surface area contributed by atoms with E-state index in [0.717, 1.165) is 17.4 Å². The van der Waals surface area contributed by atoms with E-state index in [1.165, 1.54) is 23.9 Å². The van der Waals surface area contributed by atoms with E-state index in [1.54, 1.807) is 36.4 Å². The standard InChI is InChI=1S/C19H22N2O5S2/c1-3-18(15-6-10-17(11-7-15)28(2,25)26)20-19(22)13-27-12-14-4-8-16(9-5-14)21(23)24/h4-11,18H,3,12-13H2,1-2H3,(H,20,22). The van der Waals surface area contributed by atoms with Crippen molar-refractivity contribution in [3.8, 4) is 0 Å². The summed E-state index contributed by atoms with van der Waals surface area (Å²) in [5.41, 5.74) is 1.80. The second kappa shape index (κ2) is 9.70. The average Bonchev–Trinajstić information content (AvgIpc) is 2.66. The lowest BCUT2D eigenvalue weighted by atomic mass is 10.0. The zero-order valence-corrected chi connectivity index (χ0v) is 17.3. The number of rotatable bonds is 9. The van der Waals surface area contributed by atoms with Gasteiger partial charge in [0.25, 0.3) is 5.69 Å². The molecule has 7 nitrogen and oxygen atoms in total. The van der Waals surface area contributed by atoms with Crippen molar-refractivity contribution in [1.29, 1.82) is 0 Å². The topological polar surface area (TPSA) is 106 Å². The molecule has 1 unspecified atom stereocenters. The molecule has 28 heavy (non-hydrogen) atoms. The van der Waals surface area contributed by atoms with E-state index in [-0.39, 0.29) is 28.3 Å². The predicted octanol–water partition coefficient (Wildman–Crippen LogP) is 3.50. The summed E-state index contributed by atoms with van der Waals surface area (Å²) in [4.78, 5) is 22.7. The number of benzene rings is 2. The van der Waals surface area contributed by atoms with Crippen LogP contribution in [0.1, 0.15) is 30.5 Å². The summed E-state index contributed by atoms with van der Waals surface area (Å²) in [6, 6.07) is 12.6. The third-order valence-electron chi connectivity index (χ3n) is 4.10. The van der Waals surface area contributed by atoms with Gasteiger partial charge in [0.05, 0.1) is 21.6 Å². The Balaban J connectivity index is 1.87. The lowest BCUT2D eigenvalue weighted by Gasteiger charge is -2.17. The number of non-ortho nitro benzene ring substituents is 1. The molecular weight excluding hydrogens is 400 g/mol. The third-order valence-corrected chi connectivity index (χ3v) is 6.24. The van der Waals surface area contributed by atoms with Gasteiger partial charge in [-0.05, 0) is 29.7 Å². The normalized spacial score (nSPS) is 12.4. The number of carbonyl (C=O) groups excluding carboxylic acids is 1. The van der Waals surface area contributed by atoms with Gasteiger partial charge in [-0.2, -0.15) is 0 Å². The molecule has 0 spiro atoms. The molecule has 0 saturated heterocycles. The fourth-order valence-corrected chi connectivity index (χ4v) is 4.01. The number of amides is 1. The van der Waals surface area contributed by atoms with Gasteiger partial charge in [-0.25, -0.2) is 8.42 Å². The highest BCUT2D eigenvalue weighted by Gasteiger charge is 2.14. The minimum Gasteiger partial charge on any atom is -0.349 e. The van der Waals surface area contributed by atoms with Crippen molar-refractivity contribution < 1.29 is 18.1 Å². The number of nitro benzene ring substituents is 1. The molecule has 0 aliphatic heterocycles. The summed E-state index contributed by atoms with van der Waals surface area (Å²) in [7, 11) is -3.25. The van der Waals surface area contributed by atoms with Crippen LogP contribution in [0.5, 0.6) is 0 Å². The molecule has 2 aromatic carbocycles. The van der Waals surface area contributed by atoms with Gasteiger partial charge in [-0.15, -0.1) is 11.8 Å².